The maximum atomic E-state index is 12.9. The lowest BCUT2D eigenvalue weighted by atomic mass is 10.0. The molecule has 0 radical (unpaired) electrons. The molecule has 1 saturated heterocycles. The Morgan fingerprint density at radius 1 is 1.21 bits per heavy atom. The van der Waals surface area contributed by atoms with E-state index in [-0.39, 0.29) is 23.7 Å². The zero-order valence-electron chi connectivity index (χ0n) is 16.3. The minimum Gasteiger partial charge on any atom is -0.369 e. The average molecular weight is 414 g/mol. The molecule has 0 unspecified atom stereocenters. The second kappa shape index (κ2) is 8.43. The van der Waals surface area contributed by atoms with E-state index in [2.05, 4.69) is 9.97 Å². The molecule has 0 spiro atoms. The third-order valence-corrected chi connectivity index (χ3v) is 5.79. The van der Waals surface area contributed by atoms with Gasteiger partial charge in [-0.2, -0.15) is 0 Å². The fraction of sp³-hybridized carbons (Fsp3) is 0.364. The highest BCUT2D eigenvalue weighted by Crippen LogP contribution is 2.30. The topological polar surface area (TPSA) is 78.2 Å². The molecule has 7 heteroatoms. The van der Waals surface area contributed by atoms with Gasteiger partial charge in [0.2, 0.25) is 5.91 Å². The molecule has 152 valence electrons. The minimum absolute atomic E-state index is 0.0440. The highest BCUT2D eigenvalue weighted by atomic mass is 35.5. The van der Waals surface area contributed by atoms with Crippen LogP contribution >= 0.6 is 11.6 Å². The summed E-state index contributed by atoms with van der Waals surface area (Å²) in [6.07, 6.45) is 1.81. The predicted octanol–water partition coefficient (Wildman–Crippen LogP) is 3.82. The molecule has 0 bridgehead atoms. The quantitative estimate of drug-likeness (QED) is 0.667. The first-order chi connectivity index (χ1) is 14.0. The van der Waals surface area contributed by atoms with Gasteiger partial charge < -0.3 is 19.6 Å². The van der Waals surface area contributed by atoms with Crippen molar-refractivity contribution in [3.8, 4) is 0 Å². The van der Waals surface area contributed by atoms with Gasteiger partial charge in [-0.05, 0) is 43.5 Å². The van der Waals surface area contributed by atoms with Crippen LogP contribution in [0.4, 0.5) is 0 Å². The van der Waals surface area contributed by atoms with Gasteiger partial charge in [0.25, 0.3) is 0 Å². The molecule has 1 aliphatic heterocycles. The van der Waals surface area contributed by atoms with Crippen molar-refractivity contribution >= 4 is 28.5 Å². The fourth-order valence-electron chi connectivity index (χ4n) is 3.85. The number of amides is 1. The van der Waals surface area contributed by atoms with Crippen LogP contribution in [0.1, 0.15) is 37.0 Å². The molecule has 29 heavy (non-hydrogen) atoms. The Labute approximate surface area is 173 Å². The number of halogens is 1. The van der Waals surface area contributed by atoms with E-state index in [1.807, 2.05) is 54.3 Å². The molecular formula is C22H24ClN3O3. The maximum Gasteiger partial charge on any atom is 0.323 e. The van der Waals surface area contributed by atoms with Crippen molar-refractivity contribution in [1.29, 1.82) is 0 Å². The van der Waals surface area contributed by atoms with Gasteiger partial charge in [0.1, 0.15) is 6.10 Å². The SMILES string of the molecule is C[C@@H]1CO[C@H](c2ccccc2Cl)CN1C(=O)CCCc1ccc2[nH]c(=O)[nH]c2c1. The van der Waals surface area contributed by atoms with Gasteiger partial charge in [0.15, 0.2) is 0 Å². The van der Waals surface area contributed by atoms with E-state index >= 15 is 0 Å². The summed E-state index contributed by atoms with van der Waals surface area (Å²) in [5.41, 5.74) is 3.41. The summed E-state index contributed by atoms with van der Waals surface area (Å²) in [4.78, 5) is 31.7. The smallest absolute Gasteiger partial charge is 0.323 e. The normalized spacial score (nSPS) is 19.6. The summed E-state index contributed by atoms with van der Waals surface area (Å²) in [6, 6.07) is 13.5. The molecule has 6 nitrogen and oxygen atoms in total. The Balaban J connectivity index is 1.36. The number of hydrogen-bond acceptors (Lipinski definition) is 3. The molecule has 2 aromatic carbocycles. The van der Waals surface area contributed by atoms with E-state index in [0.717, 1.165) is 35.0 Å². The Morgan fingerprint density at radius 3 is 2.83 bits per heavy atom. The lowest BCUT2D eigenvalue weighted by molar-refractivity contribution is -0.144. The van der Waals surface area contributed by atoms with Crippen molar-refractivity contribution in [3.63, 3.8) is 0 Å². The number of imidazole rings is 1. The van der Waals surface area contributed by atoms with Gasteiger partial charge in [0, 0.05) is 17.0 Å². The van der Waals surface area contributed by atoms with Crippen molar-refractivity contribution in [2.75, 3.05) is 13.2 Å². The van der Waals surface area contributed by atoms with Crippen LogP contribution in [0.3, 0.4) is 0 Å². The second-order valence-electron chi connectivity index (χ2n) is 7.55. The van der Waals surface area contributed by atoms with Crippen molar-refractivity contribution in [1.82, 2.24) is 14.9 Å². The number of rotatable bonds is 5. The highest BCUT2D eigenvalue weighted by Gasteiger charge is 2.30. The summed E-state index contributed by atoms with van der Waals surface area (Å²) < 4.78 is 5.94. The minimum atomic E-state index is -0.207. The van der Waals surface area contributed by atoms with Gasteiger partial charge in [-0.15, -0.1) is 0 Å². The van der Waals surface area contributed by atoms with Crippen molar-refractivity contribution in [3.05, 3.63) is 69.1 Å². The number of carbonyl (C=O) groups is 1. The van der Waals surface area contributed by atoms with Crippen LogP contribution in [0.25, 0.3) is 11.0 Å². The lowest BCUT2D eigenvalue weighted by Gasteiger charge is -2.38. The number of benzene rings is 2. The Kier molecular flexibility index (Phi) is 5.74. The Morgan fingerprint density at radius 2 is 2.00 bits per heavy atom. The molecule has 3 aromatic rings. The number of hydrogen-bond donors (Lipinski definition) is 2. The Hall–Kier alpha value is -2.57. The summed E-state index contributed by atoms with van der Waals surface area (Å²) in [6.45, 7) is 3.02. The molecule has 1 fully saturated rings. The van der Waals surface area contributed by atoms with Crippen molar-refractivity contribution in [2.24, 2.45) is 0 Å². The molecule has 2 atom stereocenters. The van der Waals surface area contributed by atoms with E-state index in [9.17, 15) is 9.59 Å². The number of carbonyl (C=O) groups excluding carboxylic acids is 1. The van der Waals surface area contributed by atoms with Gasteiger partial charge in [0.05, 0.1) is 30.2 Å². The van der Waals surface area contributed by atoms with Crippen LogP contribution in [-0.4, -0.2) is 40.0 Å². The van der Waals surface area contributed by atoms with Crippen LogP contribution in [0.2, 0.25) is 5.02 Å². The van der Waals surface area contributed by atoms with Gasteiger partial charge >= 0.3 is 5.69 Å². The molecule has 1 aliphatic rings. The molecule has 2 heterocycles. The first-order valence-corrected chi connectivity index (χ1v) is 10.3. The number of aromatic nitrogens is 2. The van der Waals surface area contributed by atoms with Crippen molar-refractivity contribution < 1.29 is 9.53 Å². The summed E-state index contributed by atoms with van der Waals surface area (Å²) in [5.74, 6) is 0.133. The van der Waals surface area contributed by atoms with E-state index in [1.54, 1.807) is 0 Å². The number of nitrogens with one attached hydrogen (secondary N) is 2. The monoisotopic (exact) mass is 413 g/mol. The molecular weight excluding hydrogens is 390 g/mol. The van der Waals surface area contributed by atoms with Crippen LogP contribution in [0.15, 0.2) is 47.3 Å². The number of H-pyrrole nitrogens is 2. The zero-order chi connectivity index (χ0) is 20.4. The van der Waals surface area contributed by atoms with Gasteiger partial charge in [-0.25, -0.2) is 4.79 Å². The zero-order valence-corrected chi connectivity index (χ0v) is 17.0. The summed E-state index contributed by atoms with van der Waals surface area (Å²) >= 11 is 6.31. The third kappa shape index (κ3) is 4.38. The number of aromatic amines is 2. The van der Waals surface area contributed by atoms with Crippen LogP contribution in [-0.2, 0) is 16.0 Å². The number of ether oxygens (including phenoxy) is 1. The van der Waals surface area contributed by atoms with E-state index < -0.39 is 0 Å². The summed E-state index contributed by atoms with van der Waals surface area (Å²) in [7, 11) is 0. The number of fused-ring (bicyclic) bond motifs is 1. The second-order valence-corrected chi connectivity index (χ2v) is 7.96. The third-order valence-electron chi connectivity index (χ3n) is 5.44. The highest BCUT2D eigenvalue weighted by molar-refractivity contribution is 6.31. The van der Waals surface area contributed by atoms with E-state index in [0.29, 0.717) is 24.6 Å². The fourth-order valence-corrected chi connectivity index (χ4v) is 4.11. The van der Waals surface area contributed by atoms with E-state index in [1.165, 1.54) is 0 Å². The molecule has 4 rings (SSSR count). The van der Waals surface area contributed by atoms with Crippen molar-refractivity contribution in [2.45, 2.75) is 38.3 Å². The van der Waals surface area contributed by atoms with Gasteiger partial charge in [-0.1, -0.05) is 35.9 Å². The average Bonchev–Trinajstić information content (AvgIpc) is 3.08. The maximum absolute atomic E-state index is 12.9. The molecule has 0 saturated carbocycles. The predicted molar refractivity (Wildman–Crippen MR) is 113 cm³/mol. The van der Waals surface area contributed by atoms with Crippen LogP contribution < -0.4 is 5.69 Å². The van der Waals surface area contributed by atoms with Gasteiger partial charge in [-0.3, -0.25) is 4.79 Å². The number of morpholine rings is 1. The number of aryl methyl sites for hydroxylation is 1. The van der Waals surface area contributed by atoms with Crippen LogP contribution in [0.5, 0.6) is 0 Å². The molecule has 2 N–H and O–H groups in total. The van der Waals surface area contributed by atoms with Crippen LogP contribution in [0, 0.1) is 0 Å². The molecule has 0 aliphatic carbocycles. The first-order valence-electron chi connectivity index (χ1n) is 9.87. The van der Waals surface area contributed by atoms with E-state index in [4.69, 9.17) is 16.3 Å². The summed E-state index contributed by atoms with van der Waals surface area (Å²) in [5, 5.41) is 0.664. The first kappa shape index (κ1) is 19.7. The standard InChI is InChI=1S/C22H24ClN3O3/c1-14-13-29-20(16-6-2-3-7-17(16)23)12-26(14)21(27)8-4-5-15-9-10-18-19(11-15)25-22(28)24-18/h2-3,6-7,9-11,14,20H,4-5,8,12-13H2,1H3,(H2,24,25,28)/t14-,20+/m1/s1. The lowest BCUT2D eigenvalue weighted by Crippen LogP contribution is -2.48. The largest absolute Gasteiger partial charge is 0.369 e. The number of nitrogens with zero attached hydrogens (tertiary/aromatic N) is 1. The molecule has 1 aromatic heterocycles. The Bertz CT molecular complexity index is 1070. The molecule has 1 amide bonds.